The van der Waals surface area contributed by atoms with Crippen LogP contribution in [0.5, 0.6) is 0 Å². The van der Waals surface area contributed by atoms with E-state index in [4.69, 9.17) is 11.6 Å². The van der Waals surface area contributed by atoms with Gasteiger partial charge in [-0.1, -0.05) is 29.4 Å². The molecule has 1 aromatic heterocycles. The highest BCUT2D eigenvalue weighted by molar-refractivity contribution is 7.99. The van der Waals surface area contributed by atoms with Crippen molar-refractivity contribution >= 4 is 35.5 Å². The van der Waals surface area contributed by atoms with Gasteiger partial charge in [-0.3, -0.25) is 4.79 Å². The first-order valence-electron chi connectivity index (χ1n) is 6.66. The van der Waals surface area contributed by atoms with Gasteiger partial charge in [0.2, 0.25) is 0 Å². The summed E-state index contributed by atoms with van der Waals surface area (Å²) in [5.41, 5.74) is 4.12. The number of hydrogen-bond acceptors (Lipinski definition) is 5. The van der Waals surface area contributed by atoms with Crippen molar-refractivity contribution in [1.82, 2.24) is 15.4 Å². The molecule has 1 N–H and O–H groups in total. The van der Waals surface area contributed by atoms with Gasteiger partial charge in [0.25, 0.3) is 5.91 Å². The van der Waals surface area contributed by atoms with Crippen LogP contribution in [0, 0.1) is 19.7 Å². The first-order chi connectivity index (χ1) is 11.0. The van der Waals surface area contributed by atoms with E-state index >= 15 is 0 Å². The van der Waals surface area contributed by atoms with Gasteiger partial charge in [0.15, 0.2) is 5.16 Å². The summed E-state index contributed by atoms with van der Waals surface area (Å²) in [6.07, 6.45) is 1.17. The Hall–Kier alpha value is -1.99. The number of amides is 1. The van der Waals surface area contributed by atoms with Gasteiger partial charge in [-0.2, -0.15) is 5.10 Å². The van der Waals surface area contributed by atoms with Crippen molar-refractivity contribution in [2.24, 2.45) is 5.10 Å². The predicted octanol–water partition coefficient (Wildman–Crippen LogP) is 3.13. The van der Waals surface area contributed by atoms with Crippen LogP contribution < -0.4 is 5.43 Å². The Morgan fingerprint density at radius 2 is 2.09 bits per heavy atom. The van der Waals surface area contributed by atoms with Crippen molar-refractivity contribution in [3.8, 4) is 0 Å². The number of hydrazone groups is 1. The summed E-state index contributed by atoms with van der Waals surface area (Å²) in [7, 11) is 0. The third-order valence-corrected chi connectivity index (χ3v) is 3.85. The van der Waals surface area contributed by atoms with E-state index in [0.717, 1.165) is 11.4 Å². The van der Waals surface area contributed by atoms with Gasteiger partial charge in [-0.05, 0) is 32.0 Å². The molecule has 0 radical (unpaired) electrons. The number of carbonyl (C=O) groups is 1. The molecule has 1 amide bonds. The zero-order chi connectivity index (χ0) is 16.8. The number of aromatic nitrogens is 2. The summed E-state index contributed by atoms with van der Waals surface area (Å²) in [6.45, 7) is 3.72. The number of nitrogens with zero attached hydrogens (tertiary/aromatic N) is 3. The Kier molecular flexibility index (Phi) is 6.06. The summed E-state index contributed by atoms with van der Waals surface area (Å²) in [6, 6.07) is 6.16. The molecule has 2 rings (SSSR count). The fourth-order valence-corrected chi connectivity index (χ4v) is 2.68. The van der Waals surface area contributed by atoms with Gasteiger partial charge in [-0.25, -0.2) is 19.8 Å². The van der Waals surface area contributed by atoms with Crippen LogP contribution in [0.3, 0.4) is 0 Å². The number of rotatable bonds is 5. The molecule has 0 saturated carbocycles. The zero-order valence-corrected chi connectivity index (χ0v) is 14.1. The molecule has 0 aliphatic carbocycles. The third kappa shape index (κ3) is 5.30. The number of hydrogen-bond donors (Lipinski definition) is 1. The van der Waals surface area contributed by atoms with E-state index < -0.39 is 5.82 Å². The van der Waals surface area contributed by atoms with Crippen LogP contribution in [0.25, 0.3) is 0 Å². The number of nitrogens with one attached hydrogen (secondary N) is 1. The third-order valence-electron chi connectivity index (χ3n) is 2.68. The van der Waals surface area contributed by atoms with Gasteiger partial charge in [-0.15, -0.1) is 0 Å². The van der Waals surface area contributed by atoms with E-state index in [-0.39, 0.29) is 22.2 Å². The molecule has 0 aliphatic heterocycles. The second-order valence-corrected chi connectivity index (χ2v) is 6.00. The Labute approximate surface area is 142 Å². The zero-order valence-electron chi connectivity index (χ0n) is 12.5. The quantitative estimate of drug-likeness (QED) is 0.388. The molecular formula is C15H14ClFN4OS. The van der Waals surface area contributed by atoms with Crippen LogP contribution in [0.2, 0.25) is 5.02 Å². The summed E-state index contributed by atoms with van der Waals surface area (Å²) in [5.74, 6) is -0.749. The molecule has 120 valence electrons. The predicted molar refractivity (Wildman–Crippen MR) is 89.4 cm³/mol. The number of thioether (sulfide) groups is 1. The van der Waals surface area contributed by atoms with Crippen molar-refractivity contribution in [1.29, 1.82) is 0 Å². The highest BCUT2D eigenvalue weighted by Crippen LogP contribution is 2.16. The van der Waals surface area contributed by atoms with Gasteiger partial charge < -0.3 is 0 Å². The lowest BCUT2D eigenvalue weighted by Crippen LogP contribution is -2.20. The van der Waals surface area contributed by atoms with Gasteiger partial charge in [0.05, 0.1) is 17.0 Å². The molecule has 8 heteroatoms. The normalized spacial score (nSPS) is 11.0. The topological polar surface area (TPSA) is 67.2 Å². The Balaban J connectivity index is 1.89. The molecule has 1 heterocycles. The fraction of sp³-hybridized carbons (Fsp3) is 0.200. The average molecular weight is 353 g/mol. The molecule has 5 nitrogen and oxygen atoms in total. The van der Waals surface area contributed by atoms with Crippen molar-refractivity contribution in [3.63, 3.8) is 0 Å². The molecule has 0 bridgehead atoms. The Bertz CT molecular complexity index is 714. The van der Waals surface area contributed by atoms with E-state index in [2.05, 4.69) is 20.5 Å². The second-order valence-electron chi connectivity index (χ2n) is 4.65. The SMILES string of the molecule is Cc1cc(C)nc(SCC(=O)NN=Cc2c(F)cccc2Cl)n1. The lowest BCUT2D eigenvalue weighted by Gasteiger charge is -2.02. The van der Waals surface area contributed by atoms with E-state index in [0.29, 0.717) is 5.16 Å². The number of benzene rings is 1. The lowest BCUT2D eigenvalue weighted by molar-refractivity contribution is -0.118. The van der Waals surface area contributed by atoms with Crippen LogP contribution in [0.1, 0.15) is 17.0 Å². The molecule has 0 saturated heterocycles. The van der Waals surface area contributed by atoms with E-state index in [9.17, 15) is 9.18 Å². The highest BCUT2D eigenvalue weighted by Gasteiger charge is 2.06. The fourth-order valence-electron chi connectivity index (χ4n) is 1.72. The highest BCUT2D eigenvalue weighted by atomic mass is 35.5. The maximum Gasteiger partial charge on any atom is 0.250 e. The van der Waals surface area contributed by atoms with Crippen molar-refractivity contribution in [2.75, 3.05) is 5.75 Å². The maximum absolute atomic E-state index is 13.5. The minimum atomic E-state index is -0.506. The molecule has 0 fully saturated rings. The number of carbonyl (C=O) groups excluding carboxylic acids is 1. The minimum absolute atomic E-state index is 0.102. The van der Waals surface area contributed by atoms with Gasteiger partial charge in [0, 0.05) is 17.0 Å². The van der Waals surface area contributed by atoms with E-state index in [1.54, 1.807) is 6.07 Å². The summed E-state index contributed by atoms with van der Waals surface area (Å²) < 4.78 is 13.5. The number of aryl methyl sites for hydroxylation is 2. The molecule has 23 heavy (non-hydrogen) atoms. The molecule has 0 atom stereocenters. The first kappa shape index (κ1) is 17.4. The van der Waals surface area contributed by atoms with Gasteiger partial charge in [0.1, 0.15) is 5.82 Å². The van der Waals surface area contributed by atoms with Crippen molar-refractivity contribution < 1.29 is 9.18 Å². The number of halogens is 2. The van der Waals surface area contributed by atoms with Crippen molar-refractivity contribution in [3.05, 3.63) is 52.1 Å². The maximum atomic E-state index is 13.5. The summed E-state index contributed by atoms with van der Waals surface area (Å²) in [5, 5.41) is 4.46. The average Bonchev–Trinajstić information content (AvgIpc) is 2.47. The van der Waals surface area contributed by atoms with Gasteiger partial charge >= 0.3 is 0 Å². The second kappa shape index (κ2) is 8.03. The van der Waals surface area contributed by atoms with E-state index in [1.807, 2.05) is 19.9 Å². The standard InChI is InChI=1S/C15H14ClFN4OS/c1-9-6-10(2)20-15(19-9)23-8-14(22)21-18-7-11-12(16)4-3-5-13(11)17/h3-7H,8H2,1-2H3,(H,21,22). The Morgan fingerprint density at radius 3 is 2.74 bits per heavy atom. The van der Waals surface area contributed by atoms with Crippen LogP contribution in [-0.2, 0) is 4.79 Å². The molecule has 1 aromatic carbocycles. The van der Waals surface area contributed by atoms with Crippen LogP contribution in [-0.4, -0.2) is 27.8 Å². The Morgan fingerprint density at radius 1 is 1.39 bits per heavy atom. The first-order valence-corrected chi connectivity index (χ1v) is 8.03. The lowest BCUT2D eigenvalue weighted by atomic mass is 10.2. The molecule has 2 aromatic rings. The molecule has 0 unspecified atom stereocenters. The van der Waals surface area contributed by atoms with Crippen LogP contribution in [0.15, 0.2) is 34.5 Å². The summed E-state index contributed by atoms with van der Waals surface area (Å²) in [4.78, 5) is 20.2. The largest absolute Gasteiger partial charge is 0.272 e. The van der Waals surface area contributed by atoms with Crippen LogP contribution >= 0.6 is 23.4 Å². The van der Waals surface area contributed by atoms with Crippen molar-refractivity contribution in [2.45, 2.75) is 19.0 Å². The smallest absolute Gasteiger partial charge is 0.250 e. The molecule has 0 aliphatic rings. The molecular weight excluding hydrogens is 339 g/mol. The monoisotopic (exact) mass is 352 g/mol. The summed E-state index contributed by atoms with van der Waals surface area (Å²) >= 11 is 7.05. The minimum Gasteiger partial charge on any atom is -0.272 e. The molecule has 0 spiro atoms. The van der Waals surface area contributed by atoms with E-state index in [1.165, 1.54) is 30.1 Å². The van der Waals surface area contributed by atoms with Crippen LogP contribution in [0.4, 0.5) is 4.39 Å².